The van der Waals surface area contributed by atoms with E-state index in [4.69, 9.17) is 0 Å². The van der Waals surface area contributed by atoms with Crippen LogP contribution in [0.1, 0.15) is 43.2 Å². The van der Waals surface area contributed by atoms with Crippen molar-refractivity contribution in [2.24, 2.45) is 11.8 Å². The molecule has 0 bridgehead atoms. The lowest BCUT2D eigenvalue weighted by molar-refractivity contribution is -0.142. The highest BCUT2D eigenvalue weighted by Crippen LogP contribution is 2.47. The molecule has 1 heterocycles. The average molecular weight is 364 g/mol. The Morgan fingerprint density at radius 2 is 1.63 bits per heavy atom. The molecule has 1 aliphatic carbocycles. The standard InChI is InChI=1S/C24H29NO2/c1-25-14-8-9-19-15-18(16-22(19)25)17-24(23(26)27,20-10-4-2-5-11-20)21-12-6-3-7-13-21/h2-7,10-13,18-19,22H,8-9,14-17H2,1H3,(H,26,27). The molecule has 3 unspecified atom stereocenters. The largest absolute Gasteiger partial charge is 0.480 e. The number of aliphatic carboxylic acids is 1. The highest BCUT2D eigenvalue weighted by Gasteiger charge is 2.47. The number of carbonyl (C=O) groups is 1. The topological polar surface area (TPSA) is 40.5 Å². The molecule has 4 rings (SSSR count). The van der Waals surface area contributed by atoms with Crippen LogP contribution in [0.4, 0.5) is 0 Å². The predicted octanol–water partition coefficient (Wildman–Crippen LogP) is 4.57. The lowest BCUT2D eigenvalue weighted by atomic mass is 9.68. The van der Waals surface area contributed by atoms with Crippen molar-refractivity contribution in [3.8, 4) is 0 Å². The van der Waals surface area contributed by atoms with E-state index in [1.54, 1.807) is 0 Å². The third kappa shape index (κ3) is 3.29. The summed E-state index contributed by atoms with van der Waals surface area (Å²) in [5, 5.41) is 10.5. The van der Waals surface area contributed by atoms with Gasteiger partial charge < -0.3 is 10.0 Å². The molecule has 1 aliphatic heterocycles. The first-order chi connectivity index (χ1) is 13.1. The van der Waals surface area contributed by atoms with Crippen molar-refractivity contribution >= 4 is 5.97 Å². The van der Waals surface area contributed by atoms with Crippen LogP contribution in [0.15, 0.2) is 60.7 Å². The van der Waals surface area contributed by atoms with E-state index >= 15 is 0 Å². The predicted molar refractivity (Wildman–Crippen MR) is 108 cm³/mol. The Hall–Kier alpha value is -2.13. The van der Waals surface area contributed by atoms with E-state index in [2.05, 4.69) is 11.9 Å². The molecule has 3 heteroatoms. The third-order valence-electron chi connectivity index (χ3n) is 6.90. The van der Waals surface area contributed by atoms with E-state index < -0.39 is 11.4 Å². The van der Waals surface area contributed by atoms with Crippen molar-refractivity contribution in [2.45, 2.75) is 43.6 Å². The molecule has 0 aromatic heterocycles. The summed E-state index contributed by atoms with van der Waals surface area (Å²) >= 11 is 0. The Balaban J connectivity index is 1.72. The quantitative estimate of drug-likeness (QED) is 0.846. The van der Waals surface area contributed by atoms with Crippen LogP contribution in [-0.2, 0) is 10.2 Å². The van der Waals surface area contributed by atoms with Gasteiger partial charge in [0.1, 0.15) is 5.41 Å². The molecule has 3 nitrogen and oxygen atoms in total. The molecule has 3 atom stereocenters. The van der Waals surface area contributed by atoms with Crippen LogP contribution in [0.25, 0.3) is 0 Å². The second-order valence-corrected chi connectivity index (χ2v) is 8.43. The summed E-state index contributed by atoms with van der Waals surface area (Å²) in [5.41, 5.74) is 0.818. The number of fused-ring (bicyclic) bond motifs is 1. The van der Waals surface area contributed by atoms with Gasteiger partial charge in [-0.15, -0.1) is 0 Å². The van der Waals surface area contributed by atoms with Crippen molar-refractivity contribution in [3.63, 3.8) is 0 Å². The Morgan fingerprint density at radius 3 is 2.15 bits per heavy atom. The molecule has 1 N–H and O–H groups in total. The summed E-state index contributed by atoms with van der Waals surface area (Å²) < 4.78 is 0. The van der Waals surface area contributed by atoms with Crippen LogP contribution in [0.5, 0.6) is 0 Å². The minimum atomic E-state index is -0.973. The van der Waals surface area contributed by atoms with Gasteiger partial charge in [0.25, 0.3) is 0 Å². The maximum atomic E-state index is 12.8. The van der Waals surface area contributed by atoms with Crippen molar-refractivity contribution in [2.75, 3.05) is 13.6 Å². The number of carboxylic acid groups (broad SMARTS) is 1. The minimum absolute atomic E-state index is 0.442. The number of benzene rings is 2. The molecular formula is C24H29NO2. The zero-order chi connectivity index (χ0) is 18.9. The molecule has 2 aromatic rings. The minimum Gasteiger partial charge on any atom is -0.480 e. The second kappa shape index (κ2) is 7.47. The van der Waals surface area contributed by atoms with E-state index in [0.29, 0.717) is 18.4 Å². The molecule has 0 amide bonds. The smallest absolute Gasteiger partial charge is 0.318 e. The monoisotopic (exact) mass is 363 g/mol. The van der Waals surface area contributed by atoms with Gasteiger partial charge in [0.05, 0.1) is 0 Å². The summed E-state index contributed by atoms with van der Waals surface area (Å²) in [6.07, 6.45) is 5.52. The molecule has 2 aliphatic rings. The lowest BCUT2D eigenvalue weighted by Gasteiger charge is -2.34. The van der Waals surface area contributed by atoms with Gasteiger partial charge in [-0.25, -0.2) is 0 Å². The highest BCUT2D eigenvalue weighted by atomic mass is 16.4. The Bertz CT molecular complexity index is 734. The first-order valence-corrected chi connectivity index (χ1v) is 10.2. The Kier molecular flexibility index (Phi) is 5.05. The van der Waals surface area contributed by atoms with Gasteiger partial charge in [-0.1, -0.05) is 60.7 Å². The zero-order valence-corrected chi connectivity index (χ0v) is 16.1. The summed E-state index contributed by atoms with van der Waals surface area (Å²) in [6, 6.07) is 20.3. The van der Waals surface area contributed by atoms with Crippen molar-refractivity contribution in [3.05, 3.63) is 71.8 Å². The summed E-state index contributed by atoms with van der Waals surface area (Å²) in [7, 11) is 2.23. The fraction of sp³-hybridized carbons (Fsp3) is 0.458. The number of hydrogen-bond acceptors (Lipinski definition) is 2. The van der Waals surface area contributed by atoms with Crippen LogP contribution < -0.4 is 0 Å². The van der Waals surface area contributed by atoms with Crippen molar-refractivity contribution in [1.82, 2.24) is 4.90 Å². The Labute approximate surface area is 162 Å². The van der Waals surface area contributed by atoms with Crippen LogP contribution in [-0.4, -0.2) is 35.6 Å². The van der Waals surface area contributed by atoms with Crippen LogP contribution in [0.3, 0.4) is 0 Å². The number of nitrogens with zero attached hydrogens (tertiary/aromatic N) is 1. The second-order valence-electron chi connectivity index (χ2n) is 8.43. The molecule has 1 saturated carbocycles. The number of piperidine rings is 1. The molecule has 1 saturated heterocycles. The highest BCUT2D eigenvalue weighted by molar-refractivity contribution is 5.86. The maximum Gasteiger partial charge on any atom is 0.318 e. The van der Waals surface area contributed by atoms with Crippen molar-refractivity contribution < 1.29 is 9.90 Å². The number of rotatable bonds is 5. The fourth-order valence-corrected chi connectivity index (χ4v) is 5.62. The first-order valence-electron chi connectivity index (χ1n) is 10.2. The maximum absolute atomic E-state index is 12.8. The van der Waals surface area contributed by atoms with Gasteiger partial charge in [0.15, 0.2) is 0 Å². The Morgan fingerprint density at radius 1 is 1.04 bits per heavy atom. The SMILES string of the molecule is CN1CCCC2CC(CC(C(=O)O)(c3ccccc3)c3ccccc3)CC21. The average Bonchev–Trinajstić information content (AvgIpc) is 3.11. The third-order valence-corrected chi connectivity index (χ3v) is 6.90. The summed E-state index contributed by atoms with van der Waals surface area (Å²) in [4.78, 5) is 15.3. The molecule has 142 valence electrons. The van der Waals surface area contributed by atoms with E-state index in [0.717, 1.165) is 29.9 Å². The van der Waals surface area contributed by atoms with Gasteiger partial charge in [0, 0.05) is 6.04 Å². The normalized spacial score (nSPS) is 25.9. The van der Waals surface area contributed by atoms with E-state index in [1.165, 1.54) is 19.4 Å². The summed E-state index contributed by atoms with van der Waals surface area (Å²) in [5.74, 6) is 0.437. The lowest BCUT2D eigenvalue weighted by Crippen LogP contribution is -2.40. The molecule has 27 heavy (non-hydrogen) atoms. The number of hydrogen-bond donors (Lipinski definition) is 1. The molecule has 2 aromatic carbocycles. The molecular weight excluding hydrogens is 334 g/mol. The van der Waals surface area contributed by atoms with Gasteiger partial charge in [-0.05, 0) is 68.7 Å². The molecule has 2 fully saturated rings. The van der Waals surface area contributed by atoms with Crippen LogP contribution in [0, 0.1) is 11.8 Å². The van der Waals surface area contributed by atoms with E-state index in [-0.39, 0.29) is 0 Å². The number of likely N-dealkylation sites (tertiary alicyclic amines) is 1. The summed E-state index contributed by atoms with van der Waals surface area (Å²) in [6.45, 7) is 1.18. The van der Waals surface area contributed by atoms with Gasteiger partial charge in [0.2, 0.25) is 0 Å². The first kappa shape index (κ1) is 18.2. The van der Waals surface area contributed by atoms with Gasteiger partial charge in [-0.3, -0.25) is 4.79 Å². The fourth-order valence-electron chi connectivity index (χ4n) is 5.62. The van der Waals surface area contributed by atoms with Gasteiger partial charge >= 0.3 is 5.97 Å². The number of carboxylic acids is 1. The van der Waals surface area contributed by atoms with E-state index in [1.807, 2.05) is 60.7 Å². The van der Waals surface area contributed by atoms with Crippen LogP contribution in [0.2, 0.25) is 0 Å². The van der Waals surface area contributed by atoms with Crippen LogP contribution >= 0.6 is 0 Å². The zero-order valence-electron chi connectivity index (χ0n) is 16.1. The molecule has 0 radical (unpaired) electrons. The molecule has 0 spiro atoms. The van der Waals surface area contributed by atoms with Gasteiger partial charge in [-0.2, -0.15) is 0 Å². The van der Waals surface area contributed by atoms with Crippen molar-refractivity contribution in [1.29, 1.82) is 0 Å². The van der Waals surface area contributed by atoms with E-state index in [9.17, 15) is 9.90 Å².